The number of likely N-dealkylation sites (tertiary alicyclic amines) is 1. The minimum Gasteiger partial charge on any atom is -0.378 e. The Morgan fingerprint density at radius 1 is 1.41 bits per heavy atom. The second-order valence-electron chi connectivity index (χ2n) is 5.68. The van der Waals surface area contributed by atoms with Crippen molar-refractivity contribution in [3.05, 3.63) is 28.7 Å². The molecule has 0 radical (unpaired) electrons. The average Bonchev–Trinajstić information content (AvgIpc) is 2.75. The molecule has 1 atom stereocenters. The molecule has 0 aromatic carbocycles. The van der Waals surface area contributed by atoms with E-state index in [-0.39, 0.29) is 17.7 Å². The first kappa shape index (κ1) is 16.5. The number of amides is 2. The minimum absolute atomic E-state index is 0.199. The van der Waals surface area contributed by atoms with Gasteiger partial charge in [0.15, 0.2) is 0 Å². The van der Waals surface area contributed by atoms with Crippen molar-refractivity contribution < 1.29 is 9.53 Å². The Bertz CT molecular complexity index is 556. The van der Waals surface area contributed by atoms with Crippen molar-refractivity contribution in [2.75, 3.05) is 25.0 Å². The second kappa shape index (κ2) is 7.98. The van der Waals surface area contributed by atoms with Gasteiger partial charge in [-0.15, -0.1) is 0 Å². The van der Waals surface area contributed by atoms with Crippen LogP contribution in [0.4, 0.5) is 10.5 Å². The molecule has 22 heavy (non-hydrogen) atoms. The van der Waals surface area contributed by atoms with Gasteiger partial charge in [0.25, 0.3) is 5.56 Å². The van der Waals surface area contributed by atoms with Crippen molar-refractivity contribution in [2.45, 2.75) is 38.7 Å². The Hall–Kier alpha value is -1.82. The monoisotopic (exact) mass is 307 g/mol. The molecule has 1 unspecified atom stereocenters. The lowest BCUT2D eigenvalue weighted by atomic mass is 10.2. The Balaban J connectivity index is 1.92. The third-order valence-electron chi connectivity index (χ3n) is 3.88. The summed E-state index contributed by atoms with van der Waals surface area (Å²) >= 11 is 0. The third-order valence-corrected chi connectivity index (χ3v) is 3.88. The smallest absolute Gasteiger partial charge is 0.321 e. The SMILES string of the molecule is CCCOC1CCCN(C(=O)Nc2cccn(C)c2=O)CC1. The maximum absolute atomic E-state index is 12.3. The molecule has 6 heteroatoms. The molecule has 0 aliphatic carbocycles. The van der Waals surface area contributed by atoms with Crippen molar-refractivity contribution >= 4 is 11.7 Å². The fraction of sp³-hybridized carbons (Fsp3) is 0.625. The van der Waals surface area contributed by atoms with E-state index in [1.54, 1.807) is 30.3 Å². The number of carbonyl (C=O) groups is 1. The van der Waals surface area contributed by atoms with Crippen LogP contribution in [0.2, 0.25) is 0 Å². The molecule has 122 valence electrons. The highest BCUT2D eigenvalue weighted by Crippen LogP contribution is 2.15. The van der Waals surface area contributed by atoms with Gasteiger partial charge in [0, 0.05) is 32.9 Å². The van der Waals surface area contributed by atoms with E-state index in [0.717, 1.165) is 32.3 Å². The molecule has 1 aliphatic heterocycles. The normalized spacial score (nSPS) is 18.8. The number of hydrogen-bond donors (Lipinski definition) is 1. The highest BCUT2D eigenvalue weighted by atomic mass is 16.5. The van der Waals surface area contributed by atoms with Crippen LogP contribution in [-0.2, 0) is 11.8 Å². The van der Waals surface area contributed by atoms with E-state index in [4.69, 9.17) is 4.74 Å². The molecule has 2 rings (SSSR count). The average molecular weight is 307 g/mol. The number of nitrogens with zero attached hydrogens (tertiary/aromatic N) is 2. The summed E-state index contributed by atoms with van der Waals surface area (Å²) in [5.74, 6) is 0. The number of aryl methyl sites for hydroxylation is 1. The molecule has 1 aliphatic rings. The predicted molar refractivity (Wildman–Crippen MR) is 86.2 cm³/mol. The quantitative estimate of drug-likeness (QED) is 0.927. The second-order valence-corrected chi connectivity index (χ2v) is 5.68. The maximum atomic E-state index is 12.3. The van der Waals surface area contributed by atoms with Crippen LogP contribution >= 0.6 is 0 Å². The Kier molecular flexibility index (Phi) is 6.00. The van der Waals surface area contributed by atoms with Crippen LogP contribution in [0.1, 0.15) is 32.6 Å². The molecule has 1 aromatic heterocycles. The van der Waals surface area contributed by atoms with E-state index in [1.807, 2.05) is 0 Å². The molecule has 2 heterocycles. The minimum atomic E-state index is -0.209. The molecule has 6 nitrogen and oxygen atoms in total. The summed E-state index contributed by atoms with van der Waals surface area (Å²) in [5, 5.41) is 2.72. The first-order valence-electron chi connectivity index (χ1n) is 7.95. The summed E-state index contributed by atoms with van der Waals surface area (Å²) in [6, 6.07) is 3.17. The van der Waals surface area contributed by atoms with Crippen LogP contribution in [0.15, 0.2) is 23.1 Å². The van der Waals surface area contributed by atoms with E-state index < -0.39 is 0 Å². The summed E-state index contributed by atoms with van der Waals surface area (Å²) < 4.78 is 7.23. The van der Waals surface area contributed by atoms with Crippen LogP contribution < -0.4 is 10.9 Å². The van der Waals surface area contributed by atoms with Gasteiger partial charge in [0.1, 0.15) is 5.69 Å². The molecular weight excluding hydrogens is 282 g/mol. The highest BCUT2D eigenvalue weighted by molar-refractivity contribution is 5.89. The summed E-state index contributed by atoms with van der Waals surface area (Å²) in [5.41, 5.74) is 0.118. The van der Waals surface area contributed by atoms with Crippen LogP contribution in [0.25, 0.3) is 0 Å². The molecule has 1 fully saturated rings. The zero-order valence-corrected chi connectivity index (χ0v) is 13.4. The summed E-state index contributed by atoms with van der Waals surface area (Å²) in [6.45, 7) is 4.23. The summed E-state index contributed by atoms with van der Waals surface area (Å²) in [7, 11) is 1.67. The van der Waals surface area contributed by atoms with E-state index in [9.17, 15) is 9.59 Å². The van der Waals surface area contributed by atoms with Crippen molar-refractivity contribution in [3.8, 4) is 0 Å². The van der Waals surface area contributed by atoms with Gasteiger partial charge in [-0.25, -0.2) is 4.79 Å². The molecule has 0 saturated carbocycles. The molecular formula is C16H25N3O3. The van der Waals surface area contributed by atoms with Gasteiger partial charge in [-0.3, -0.25) is 4.79 Å². The van der Waals surface area contributed by atoms with Crippen molar-refractivity contribution in [1.82, 2.24) is 9.47 Å². The number of urea groups is 1. The molecule has 1 N–H and O–H groups in total. The van der Waals surface area contributed by atoms with Gasteiger partial charge in [0.2, 0.25) is 0 Å². The number of rotatable bonds is 4. The fourth-order valence-electron chi connectivity index (χ4n) is 2.61. The van der Waals surface area contributed by atoms with E-state index in [1.165, 1.54) is 4.57 Å². The molecule has 0 bridgehead atoms. The Morgan fingerprint density at radius 3 is 3.00 bits per heavy atom. The lowest BCUT2D eigenvalue weighted by Crippen LogP contribution is -2.37. The van der Waals surface area contributed by atoms with E-state index in [0.29, 0.717) is 18.8 Å². The largest absolute Gasteiger partial charge is 0.378 e. The number of carbonyl (C=O) groups excluding carboxylic acids is 1. The third kappa shape index (κ3) is 4.34. The van der Waals surface area contributed by atoms with Crippen molar-refractivity contribution in [2.24, 2.45) is 7.05 Å². The first-order chi connectivity index (χ1) is 10.6. The van der Waals surface area contributed by atoms with Gasteiger partial charge < -0.3 is 19.5 Å². The molecule has 1 aromatic rings. The van der Waals surface area contributed by atoms with E-state index >= 15 is 0 Å². The van der Waals surface area contributed by atoms with Crippen LogP contribution in [0.5, 0.6) is 0 Å². The standard InChI is InChI=1S/C16H25N3O3/c1-3-12-22-13-6-4-10-19(11-8-13)16(21)17-14-7-5-9-18(2)15(14)20/h5,7,9,13H,3-4,6,8,10-12H2,1-2H3,(H,17,21). The topological polar surface area (TPSA) is 63.6 Å². The Morgan fingerprint density at radius 2 is 2.23 bits per heavy atom. The highest BCUT2D eigenvalue weighted by Gasteiger charge is 2.21. The maximum Gasteiger partial charge on any atom is 0.321 e. The summed E-state index contributed by atoms with van der Waals surface area (Å²) in [4.78, 5) is 26.0. The van der Waals surface area contributed by atoms with Crippen LogP contribution in [0.3, 0.4) is 0 Å². The van der Waals surface area contributed by atoms with Gasteiger partial charge in [0.05, 0.1) is 6.10 Å². The molecule has 1 saturated heterocycles. The zero-order valence-electron chi connectivity index (χ0n) is 13.4. The van der Waals surface area contributed by atoms with Gasteiger partial charge >= 0.3 is 6.03 Å². The fourth-order valence-corrected chi connectivity index (χ4v) is 2.61. The number of anilines is 1. The zero-order chi connectivity index (χ0) is 15.9. The molecule has 0 spiro atoms. The van der Waals surface area contributed by atoms with Crippen LogP contribution in [0, 0.1) is 0 Å². The number of pyridine rings is 1. The van der Waals surface area contributed by atoms with Gasteiger partial charge in [-0.1, -0.05) is 6.92 Å². The van der Waals surface area contributed by atoms with Gasteiger partial charge in [-0.05, 0) is 37.8 Å². The number of aromatic nitrogens is 1. The van der Waals surface area contributed by atoms with E-state index in [2.05, 4.69) is 12.2 Å². The molecule has 2 amide bonds. The van der Waals surface area contributed by atoms with Crippen molar-refractivity contribution in [1.29, 1.82) is 0 Å². The lowest BCUT2D eigenvalue weighted by molar-refractivity contribution is 0.0446. The van der Waals surface area contributed by atoms with Crippen molar-refractivity contribution in [3.63, 3.8) is 0 Å². The first-order valence-corrected chi connectivity index (χ1v) is 7.95. The summed E-state index contributed by atoms with van der Waals surface area (Å²) in [6.07, 6.45) is 5.67. The number of hydrogen-bond acceptors (Lipinski definition) is 3. The number of nitrogens with one attached hydrogen (secondary N) is 1. The van der Waals surface area contributed by atoms with Gasteiger partial charge in [-0.2, -0.15) is 0 Å². The number of ether oxygens (including phenoxy) is 1. The lowest BCUT2D eigenvalue weighted by Gasteiger charge is -2.21. The predicted octanol–water partition coefficient (Wildman–Crippen LogP) is 2.20. The van der Waals surface area contributed by atoms with Crippen LogP contribution in [-0.4, -0.2) is 41.3 Å². The Labute approximate surface area is 131 Å².